The number of fused-ring (bicyclic) bond motifs is 1. The topological polar surface area (TPSA) is 30.5 Å². The van der Waals surface area contributed by atoms with Crippen molar-refractivity contribution in [2.75, 3.05) is 19.5 Å². The first-order valence-electron chi connectivity index (χ1n) is 8.01. The van der Waals surface area contributed by atoms with E-state index in [4.69, 9.17) is 32.7 Å². The molecule has 0 saturated carbocycles. The van der Waals surface area contributed by atoms with Crippen molar-refractivity contribution in [2.45, 2.75) is 30.7 Å². The molecule has 1 unspecified atom stereocenters. The van der Waals surface area contributed by atoms with Crippen molar-refractivity contribution in [3.05, 3.63) is 52.5 Å². The summed E-state index contributed by atoms with van der Waals surface area (Å²) in [5.74, 6) is 1.47. The van der Waals surface area contributed by atoms with Crippen LogP contribution >= 0.6 is 23.2 Å². The molecule has 2 aromatic carbocycles. The molecule has 2 aromatic rings. The van der Waals surface area contributed by atoms with Crippen LogP contribution in [0.15, 0.2) is 36.4 Å². The van der Waals surface area contributed by atoms with E-state index in [0.717, 1.165) is 41.5 Å². The number of rotatable bonds is 3. The Balaban J connectivity index is 1.98. The van der Waals surface area contributed by atoms with Crippen LogP contribution in [0.4, 0.5) is 5.69 Å². The average Bonchev–Trinajstić information content (AvgIpc) is 2.58. The first-order chi connectivity index (χ1) is 11.6. The Kier molecular flexibility index (Phi) is 5.42. The second-order valence-corrected chi connectivity index (χ2v) is 7.04. The van der Waals surface area contributed by atoms with E-state index in [1.54, 1.807) is 14.2 Å². The second-order valence-electron chi connectivity index (χ2n) is 5.98. The van der Waals surface area contributed by atoms with Crippen molar-refractivity contribution in [1.82, 2.24) is 0 Å². The molecule has 3 nitrogen and oxygen atoms in total. The molecule has 2 atom stereocenters. The molecule has 1 aliphatic rings. The van der Waals surface area contributed by atoms with Gasteiger partial charge in [-0.25, -0.2) is 0 Å². The van der Waals surface area contributed by atoms with Crippen molar-refractivity contribution in [3.63, 3.8) is 0 Å². The van der Waals surface area contributed by atoms with Gasteiger partial charge in [-0.05, 0) is 48.6 Å². The molecule has 1 N–H and O–H groups in total. The molecule has 0 bridgehead atoms. The van der Waals surface area contributed by atoms with Gasteiger partial charge in [-0.2, -0.15) is 0 Å². The van der Waals surface area contributed by atoms with Gasteiger partial charge in [0.2, 0.25) is 0 Å². The highest BCUT2D eigenvalue weighted by Gasteiger charge is 2.23. The SMILES string of the molecule is COc1cc2c(cc1OC)NC(c1ccc(Cl)cc1)C[C@@H](Cl)CC2. The van der Waals surface area contributed by atoms with E-state index in [2.05, 4.69) is 5.32 Å². The first-order valence-corrected chi connectivity index (χ1v) is 8.83. The molecule has 1 aliphatic heterocycles. The minimum absolute atomic E-state index is 0.111. The number of halogens is 2. The summed E-state index contributed by atoms with van der Waals surface area (Å²) in [6, 6.07) is 12.1. The van der Waals surface area contributed by atoms with E-state index in [-0.39, 0.29) is 11.4 Å². The van der Waals surface area contributed by atoms with Gasteiger partial charge in [-0.15, -0.1) is 11.6 Å². The van der Waals surface area contributed by atoms with Crippen LogP contribution in [0.1, 0.15) is 30.0 Å². The van der Waals surface area contributed by atoms with Gasteiger partial charge in [-0.1, -0.05) is 23.7 Å². The summed E-state index contributed by atoms with van der Waals surface area (Å²) in [5, 5.41) is 4.47. The summed E-state index contributed by atoms with van der Waals surface area (Å²) in [6.07, 6.45) is 2.69. The van der Waals surface area contributed by atoms with Crippen LogP contribution in [0.3, 0.4) is 0 Å². The van der Waals surface area contributed by atoms with E-state index < -0.39 is 0 Å². The summed E-state index contributed by atoms with van der Waals surface area (Å²) < 4.78 is 10.9. The summed E-state index contributed by atoms with van der Waals surface area (Å²) in [6.45, 7) is 0. The highest BCUT2D eigenvalue weighted by molar-refractivity contribution is 6.30. The van der Waals surface area contributed by atoms with Gasteiger partial charge < -0.3 is 14.8 Å². The molecule has 3 rings (SSSR count). The second kappa shape index (κ2) is 7.54. The Bertz CT molecular complexity index is 703. The fourth-order valence-corrected chi connectivity index (χ4v) is 3.52. The van der Waals surface area contributed by atoms with Gasteiger partial charge in [-0.3, -0.25) is 0 Å². The molecular formula is C19H21Cl2NO2. The lowest BCUT2D eigenvalue weighted by molar-refractivity contribution is 0.354. The third-order valence-corrected chi connectivity index (χ3v) is 5.08. The van der Waals surface area contributed by atoms with Crippen molar-refractivity contribution in [1.29, 1.82) is 0 Å². The Morgan fingerprint density at radius 2 is 1.71 bits per heavy atom. The molecule has 0 aliphatic carbocycles. The van der Waals surface area contributed by atoms with Gasteiger partial charge in [0.05, 0.1) is 20.3 Å². The number of alkyl halides is 1. The lowest BCUT2D eigenvalue weighted by Gasteiger charge is -2.28. The van der Waals surface area contributed by atoms with E-state index >= 15 is 0 Å². The van der Waals surface area contributed by atoms with Crippen LogP contribution in [-0.4, -0.2) is 19.6 Å². The zero-order valence-corrected chi connectivity index (χ0v) is 15.3. The van der Waals surface area contributed by atoms with Crippen molar-refractivity contribution in [3.8, 4) is 11.5 Å². The van der Waals surface area contributed by atoms with Gasteiger partial charge >= 0.3 is 0 Å². The normalized spacial score (nSPS) is 20.3. The average molecular weight is 366 g/mol. The predicted octanol–water partition coefficient (Wildman–Crippen LogP) is 5.45. The van der Waals surface area contributed by atoms with Crippen molar-refractivity contribution in [2.24, 2.45) is 0 Å². The van der Waals surface area contributed by atoms with E-state index in [1.807, 2.05) is 36.4 Å². The Morgan fingerprint density at radius 1 is 1.04 bits per heavy atom. The Morgan fingerprint density at radius 3 is 2.38 bits per heavy atom. The third kappa shape index (κ3) is 3.73. The number of methoxy groups -OCH3 is 2. The van der Waals surface area contributed by atoms with Crippen molar-refractivity contribution >= 4 is 28.9 Å². The summed E-state index contributed by atoms with van der Waals surface area (Å²) >= 11 is 12.6. The minimum Gasteiger partial charge on any atom is -0.493 e. The largest absolute Gasteiger partial charge is 0.493 e. The number of ether oxygens (including phenoxy) is 2. The highest BCUT2D eigenvalue weighted by atomic mass is 35.5. The van der Waals surface area contributed by atoms with Crippen LogP contribution in [0.5, 0.6) is 11.5 Å². The Labute approximate surface area is 152 Å². The summed E-state index contributed by atoms with van der Waals surface area (Å²) in [4.78, 5) is 0. The summed E-state index contributed by atoms with van der Waals surface area (Å²) in [5.41, 5.74) is 3.43. The van der Waals surface area contributed by atoms with Gasteiger partial charge in [0, 0.05) is 22.2 Å². The maximum absolute atomic E-state index is 6.55. The molecule has 0 aromatic heterocycles. The van der Waals surface area contributed by atoms with Gasteiger partial charge in [0.15, 0.2) is 11.5 Å². The predicted molar refractivity (Wildman–Crippen MR) is 99.9 cm³/mol. The van der Waals surface area contributed by atoms with Crippen LogP contribution in [-0.2, 0) is 6.42 Å². The molecule has 0 saturated heterocycles. The molecular weight excluding hydrogens is 345 g/mol. The maximum Gasteiger partial charge on any atom is 0.162 e. The van der Waals surface area contributed by atoms with Crippen LogP contribution in [0, 0.1) is 0 Å². The number of aryl methyl sites for hydroxylation is 1. The molecule has 1 heterocycles. The number of nitrogens with one attached hydrogen (secondary N) is 1. The molecule has 24 heavy (non-hydrogen) atoms. The smallest absolute Gasteiger partial charge is 0.162 e. The molecule has 0 radical (unpaired) electrons. The number of hydrogen-bond acceptors (Lipinski definition) is 3. The number of anilines is 1. The number of benzene rings is 2. The van der Waals surface area contributed by atoms with E-state index in [1.165, 1.54) is 11.1 Å². The zero-order chi connectivity index (χ0) is 17.1. The molecule has 128 valence electrons. The third-order valence-electron chi connectivity index (χ3n) is 4.43. The zero-order valence-electron chi connectivity index (χ0n) is 13.8. The van der Waals surface area contributed by atoms with Crippen LogP contribution in [0.2, 0.25) is 5.02 Å². The maximum atomic E-state index is 6.55. The first kappa shape index (κ1) is 17.2. The quantitative estimate of drug-likeness (QED) is 0.733. The lowest BCUT2D eigenvalue weighted by Crippen LogP contribution is -2.20. The molecule has 0 amide bonds. The van der Waals surface area contributed by atoms with Gasteiger partial charge in [0.1, 0.15) is 0 Å². The monoisotopic (exact) mass is 365 g/mol. The fourth-order valence-electron chi connectivity index (χ4n) is 3.11. The highest BCUT2D eigenvalue weighted by Crippen LogP contribution is 2.39. The lowest BCUT2D eigenvalue weighted by atomic mass is 9.94. The molecule has 0 fully saturated rings. The van der Waals surface area contributed by atoms with E-state index in [9.17, 15) is 0 Å². The van der Waals surface area contributed by atoms with Crippen LogP contribution in [0.25, 0.3) is 0 Å². The summed E-state index contributed by atoms with van der Waals surface area (Å²) in [7, 11) is 3.31. The van der Waals surface area contributed by atoms with Gasteiger partial charge in [0.25, 0.3) is 0 Å². The molecule has 5 heteroatoms. The van der Waals surface area contributed by atoms with Crippen molar-refractivity contribution < 1.29 is 9.47 Å². The Hall–Kier alpha value is -1.58. The molecule has 0 spiro atoms. The van der Waals surface area contributed by atoms with Crippen LogP contribution < -0.4 is 14.8 Å². The standard InChI is InChI=1S/C19H21Cl2NO2/c1-23-18-9-13-5-8-15(21)10-16(12-3-6-14(20)7-4-12)22-17(13)11-19(18)24-2/h3-4,6-7,9,11,15-16,22H,5,8,10H2,1-2H3/t15-,16?/m0/s1. The van der Waals surface area contributed by atoms with E-state index in [0.29, 0.717) is 0 Å². The fraction of sp³-hybridized carbons (Fsp3) is 0.368. The number of hydrogen-bond donors (Lipinski definition) is 1. The minimum atomic E-state index is 0.111.